The SMILES string of the molecule is COC(=O)c1ccccc1Cn1nc(C)c(NC(=S)Nc2ccccc2OC)c1C. The van der Waals surface area contributed by atoms with Gasteiger partial charge in [-0.1, -0.05) is 30.3 Å². The number of thiocarbonyl (C=S) groups is 1. The normalized spacial score (nSPS) is 10.4. The third-order valence-electron chi connectivity index (χ3n) is 4.72. The van der Waals surface area contributed by atoms with Gasteiger partial charge < -0.3 is 20.1 Å². The highest BCUT2D eigenvalue weighted by Crippen LogP contribution is 2.25. The molecule has 2 aromatic carbocycles. The van der Waals surface area contributed by atoms with Crippen LogP contribution in [0, 0.1) is 13.8 Å². The minimum Gasteiger partial charge on any atom is -0.495 e. The van der Waals surface area contributed by atoms with Gasteiger partial charge in [0.2, 0.25) is 0 Å². The molecule has 0 saturated heterocycles. The van der Waals surface area contributed by atoms with Gasteiger partial charge in [-0.2, -0.15) is 5.10 Å². The van der Waals surface area contributed by atoms with E-state index in [1.807, 2.05) is 61.0 Å². The van der Waals surface area contributed by atoms with E-state index < -0.39 is 0 Å². The number of carbonyl (C=O) groups is 1. The highest BCUT2D eigenvalue weighted by Gasteiger charge is 2.17. The standard InChI is InChI=1S/C22H24N4O3S/c1-14-20(24-22(30)23-18-11-7-8-12-19(18)28-3)15(2)26(25-14)13-16-9-5-6-10-17(16)21(27)29-4/h5-12H,13H2,1-4H3,(H2,23,24,30). The van der Waals surface area contributed by atoms with Gasteiger partial charge in [-0.3, -0.25) is 4.68 Å². The van der Waals surface area contributed by atoms with E-state index in [9.17, 15) is 4.79 Å². The third-order valence-corrected chi connectivity index (χ3v) is 4.92. The lowest BCUT2D eigenvalue weighted by Gasteiger charge is -2.14. The van der Waals surface area contributed by atoms with Crippen LogP contribution >= 0.6 is 12.2 Å². The lowest BCUT2D eigenvalue weighted by atomic mass is 10.1. The van der Waals surface area contributed by atoms with Crippen LogP contribution in [-0.2, 0) is 11.3 Å². The van der Waals surface area contributed by atoms with Crippen molar-refractivity contribution in [3.8, 4) is 5.75 Å². The summed E-state index contributed by atoms with van der Waals surface area (Å²) in [6, 6.07) is 14.9. The molecule has 0 aliphatic rings. The van der Waals surface area contributed by atoms with Crippen molar-refractivity contribution in [3.05, 3.63) is 71.0 Å². The predicted molar refractivity (Wildman–Crippen MR) is 121 cm³/mol. The number of hydrogen-bond acceptors (Lipinski definition) is 5. The monoisotopic (exact) mass is 424 g/mol. The number of aromatic nitrogens is 2. The van der Waals surface area contributed by atoms with E-state index in [4.69, 9.17) is 21.7 Å². The molecular formula is C22H24N4O3S. The Balaban J connectivity index is 1.80. The summed E-state index contributed by atoms with van der Waals surface area (Å²) in [5, 5.41) is 11.4. The molecule has 7 nitrogen and oxygen atoms in total. The molecule has 0 amide bonds. The summed E-state index contributed by atoms with van der Waals surface area (Å²) in [6.45, 7) is 4.30. The zero-order chi connectivity index (χ0) is 21.7. The molecule has 0 fully saturated rings. The number of nitrogens with zero attached hydrogens (tertiary/aromatic N) is 2. The number of aryl methyl sites for hydroxylation is 1. The molecule has 8 heteroatoms. The third kappa shape index (κ3) is 4.60. The van der Waals surface area contributed by atoms with Gasteiger partial charge in [0.25, 0.3) is 0 Å². The predicted octanol–water partition coefficient (Wildman–Crippen LogP) is 4.15. The van der Waals surface area contributed by atoms with Crippen LogP contribution in [0.4, 0.5) is 11.4 Å². The molecule has 3 aromatic rings. The second-order valence-electron chi connectivity index (χ2n) is 6.63. The van der Waals surface area contributed by atoms with Crippen molar-refractivity contribution in [2.45, 2.75) is 20.4 Å². The molecule has 0 aliphatic carbocycles. The van der Waals surface area contributed by atoms with Gasteiger partial charge in [0, 0.05) is 0 Å². The van der Waals surface area contributed by atoms with Crippen molar-refractivity contribution in [2.75, 3.05) is 24.9 Å². The quantitative estimate of drug-likeness (QED) is 0.455. The van der Waals surface area contributed by atoms with Crippen LogP contribution < -0.4 is 15.4 Å². The van der Waals surface area contributed by atoms with Crippen molar-refractivity contribution in [2.24, 2.45) is 0 Å². The lowest BCUT2D eigenvalue weighted by molar-refractivity contribution is 0.0599. The van der Waals surface area contributed by atoms with E-state index in [1.54, 1.807) is 13.2 Å². The average Bonchev–Trinajstić information content (AvgIpc) is 3.01. The molecule has 0 aliphatic heterocycles. The minimum absolute atomic E-state index is 0.368. The first-order chi connectivity index (χ1) is 14.4. The second kappa shape index (κ2) is 9.41. The van der Waals surface area contributed by atoms with Crippen LogP contribution in [0.5, 0.6) is 5.75 Å². The van der Waals surface area contributed by atoms with E-state index in [0.717, 1.165) is 28.3 Å². The van der Waals surface area contributed by atoms with Crippen LogP contribution in [0.1, 0.15) is 27.3 Å². The van der Waals surface area contributed by atoms with Gasteiger partial charge in [-0.25, -0.2) is 4.79 Å². The van der Waals surface area contributed by atoms with Crippen molar-refractivity contribution < 1.29 is 14.3 Å². The summed E-state index contributed by atoms with van der Waals surface area (Å²) in [5.41, 5.74) is 4.64. The topological polar surface area (TPSA) is 77.4 Å². The number of carbonyl (C=O) groups excluding carboxylic acids is 1. The number of benzene rings is 2. The summed E-state index contributed by atoms with van der Waals surface area (Å²) in [7, 11) is 2.99. The molecule has 0 bridgehead atoms. The molecule has 3 rings (SSSR count). The number of ether oxygens (including phenoxy) is 2. The summed E-state index contributed by atoms with van der Waals surface area (Å²) in [6.07, 6.45) is 0. The van der Waals surface area contributed by atoms with Crippen molar-refractivity contribution in [3.63, 3.8) is 0 Å². The molecule has 1 aromatic heterocycles. The van der Waals surface area contributed by atoms with Crippen LogP contribution in [0.15, 0.2) is 48.5 Å². The molecule has 0 saturated carbocycles. The minimum atomic E-state index is -0.368. The first-order valence-electron chi connectivity index (χ1n) is 9.35. The molecule has 0 atom stereocenters. The summed E-state index contributed by atoms with van der Waals surface area (Å²) in [4.78, 5) is 12.1. The summed E-state index contributed by atoms with van der Waals surface area (Å²) < 4.78 is 12.1. The summed E-state index contributed by atoms with van der Waals surface area (Å²) >= 11 is 5.48. The number of nitrogens with one attached hydrogen (secondary N) is 2. The Morgan fingerprint density at radius 2 is 1.77 bits per heavy atom. The Hall–Kier alpha value is -3.39. The Labute approximate surface area is 181 Å². The van der Waals surface area contributed by atoms with E-state index in [0.29, 0.717) is 23.0 Å². The van der Waals surface area contributed by atoms with E-state index >= 15 is 0 Å². The molecule has 0 radical (unpaired) electrons. The first kappa shape index (κ1) is 21.3. The van der Waals surface area contributed by atoms with Gasteiger partial charge in [0.1, 0.15) is 5.75 Å². The molecule has 1 heterocycles. The number of rotatable bonds is 6. The molecule has 156 valence electrons. The van der Waals surface area contributed by atoms with Gasteiger partial charge in [0.15, 0.2) is 5.11 Å². The number of methoxy groups -OCH3 is 2. The number of esters is 1. The van der Waals surface area contributed by atoms with Crippen molar-refractivity contribution in [1.82, 2.24) is 9.78 Å². The highest BCUT2D eigenvalue weighted by molar-refractivity contribution is 7.80. The molecule has 0 unspecified atom stereocenters. The van der Waals surface area contributed by atoms with Gasteiger partial charge in [-0.15, -0.1) is 0 Å². The van der Waals surface area contributed by atoms with E-state index in [1.165, 1.54) is 7.11 Å². The van der Waals surface area contributed by atoms with Crippen LogP contribution in [0.2, 0.25) is 0 Å². The van der Waals surface area contributed by atoms with Crippen molar-refractivity contribution >= 4 is 34.7 Å². The largest absolute Gasteiger partial charge is 0.495 e. The Morgan fingerprint density at radius 1 is 1.07 bits per heavy atom. The average molecular weight is 425 g/mol. The zero-order valence-corrected chi connectivity index (χ0v) is 18.2. The Bertz CT molecular complexity index is 1080. The highest BCUT2D eigenvalue weighted by atomic mass is 32.1. The molecule has 30 heavy (non-hydrogen) atoms. The molecule has 2 N–H and O–H groups in total. The van der Waals surface area contributed by atoms with Gasteiger partial charge in [-0.05, 0) is 49.8 Å². The number of anilines is 2. The number of para-hydroxylation sites is 2. The smallest absolute Gasteiger partial charge is 0.338 e. The van der Waals surface area contributed by atoms with Gasteiger partial charge >= 0.3 is 5.97 Å². The lowest BCUT2D eigenvalue weighted by Crippen LogP contribution is -2.20. The fraction of sp³-hybridized carbons (Fsp3) is 0.227. The van der Waals surface area contributed by atoms with E-state index in [2.05, 4.69) is 15.7 Å². The van der Waals surface area contributed by atoms with Crippen molar-refractivity contribution in [1.29, 1.82) is 0 Å². The Morgan fingerprint density at radius 3 is 2.50 bits per heavy atom. The molecular weight excluding hydrogens is 400 g/mol. The Kier molecular flexibility index (Phi) is 6.68. The van der Waals surface area contributed by atoms with Crippen LogP contribution in [0.3, 0.4) is 0 Å². The zero-order valence-electron chi connectivity index (χ0n) is 17.4. The van der Waals surface area contributed by atoms with Gasteiger partial charge in [0.05, 0.1) is 49.1 Å². The van der Waals surface area contributed by atoms with E-state index in [-0.39, 0.29) is 5.97 Å². The fourth-order valence-electron chi connectivity index (χ4n) is 3.18. The number of hydrogen-bond donors (Lipinski definition) is 2. The van der Waals surface area contributed by atoms with Crippen LogP contribution in [-0.4, -0.2) is 35.1 Å². The summed E-state index contributed by atoms with van der Waals surface area (Å²) in [5.74, 6) is 0.331. The maximum absolute atomic E-state index is 12.1. The maximum Gasteiger partial charge on any atom is 0.338 e. The first-order valence-corrected chi connectivity index (χ1v) is 9.76. The van der Waals surface area contributed by atoms with Crippen LogP contribution in [0.25, 0.3) is 0 Å². The maximum atomic E-state index is 12.1. The molecule has 0 spiro atoms. The second-order valence-corrected chi connectivity index (χ2v) is 7.04. The fourth-order valence-corrected chi connectivity index (χ4v) is 3.39.